The van der Waals surface area contributed by atoms with Crippen LogP contribution in [0.3, 0.4) is 0 Å². The quantitative estimate of drug-likeness (QED) is 0.931. The first-order valence-corrected chi connectivity index (χ1v) is 6.37. The van der Waals surface area contributed by atoms with Crippen LogP contribution in [0.15, 0.2) is 24.3 Å². The van der Waals surface area contributed by atoms with Crippen molar-refractivity contribution in [1.29, 1.82) is 0 Å². The number of benzene rings is 1. The highest BCUT2D eigenvalue weighted by Crippen LogP contribution is 2.23. The fourth-order valence-electron chi connectivity index (χ4n) is 1.69. The number of nitrogens with one attached hydrogen (secondary N) is 1. The molecule has 19 heavy (non-hydrogen) atoms. The molecule has 0 bridgehead atoms. The van der Waals surface area contributed by atoms with Crippen molar-refractivity contribution in [2.75, 3.05) is 12.4 Å². The molecule has 5 heteroatoms. The van der Waals surface area contributed by atoms with Crippen molar-refractivity contribution >= 4 is 17.4 Å². The molecule has 1 N–H and O–H groups in total. The van der Waals surface area contributed by atoms with E-state index in [0.717, 1.165) is 22.8 Å². The highest BCUT2D eigenvalue weighted by Gasteiger charge is 2.05. The molecule has 2 aromatic rings. The van der Waals surface area contributed by atoms with Gasteiger partial charge >= 0.3 is 0 Å². The van der Waals surface area contributed by atoms with Gasteiger partial charge in [-0.1, -0.05) is 17.7 Å². The lowest BCUT2D eigenvalue weighted by atomic mass is 10.2. The zero-order valence-electron chi connectivity index (χ0n) is 11.2. The van der Waals surface area contributed by atoms with E-state index in [2.05, 4.69) is 15.3 Å². The van der Waals surface area contributed by atoms with Gasteiger partial charge in [0.25, 0.3) is 0 Å². The Balaban J connectivity index is 2.14. The van der Waals surface area contributed by atoms with Gasteiger partial charge in [0.2, 0.25) is 0 Å². The number of hydrogen-bond donors (Lipinski definition) is 1. The summed E-state index contributed by atoms with van der Waals surface area (Å²) in [6.07, 6.45) is 0. The zero-order chi connectivity index (χ0) is 13.8. The van der Waals surface area contributed by atoms with E-state index in [1.165, 1.54) is 0 Å². The van der Waals surface area contributed by atoms with Crippen molar-refractivity contribution in [1.82, 2.24) is 9.97 Å². The predicted octanol–water partition coefficient (Wildman–Crippen LogP) is 3.37. The Bertz CT molecular complexity index is 587. The first-order valence-electron chi connectivity index (χ1n) is 6.00. The van der Waals surface area contributed by atoms with E-state index in [9.17, 15) is 0 Å². The monoisotopic (exact) mass is 277 g/mol. The van der Waals surface area contributed by atoms with E-state index >= 15 is 0 Å². The van der Waals surface area contributed by atoms with Crippen LogP contribution >= 0.6 is 11.6 Å². The predicted molar refractivity (Wildman–Crippen MR) is 76.8 cm³/mol. The second-order valence-electron chi connectivity index (χ2n) is 4.26. The number of halogens is 1. The molecule has 0 aliphatic rings. The molecular formula is C14H16ClN3O. The Morgan fingerprint density at radius 1 is 1.21 bits per heavy atom. The molecule has 0 amide bonds. The van der Waals surface area contributed by atoms with Gasteiger partial charge in [-0.2, -0.15) is 0 Å². The van der Waals surface area contributed by atoms with Gasteiger partial charge in [-0.25, -0.2) is 9.97 Å². The van der Waals surface area contributed by atoms with Crippen LogP contribution in [0.5, 0.6) is 5.75 Å². The Morgan fingerprint density at radius 2 is 2.00 bits per heavy atom. The summed E-state index contributed by atoms with van der Waals surface area (Å²) < 4.78 is 5.72. The molecule has 2 rings (SSSR count). The van der Waals surface area contributed by atoms with E-state index in [0.29, 0.717) is 17.5 Å². The minimum atomic E-state index is 0.317. The second-order valence-corrected chi connectivity index (χ2v) is 4.70. The standard InChI is InChI=1S/C14H16ClN3O/c1-9-4-5-11(15)7-12(9)19-8-14-17-10(2)6-13(16-3)18-14/h4-7H,8H2,1-3H3,(H,16,17,18). The number of hydrogen-bond acceptors (Lipinski definition) is 4. The molecule has 0 saturated heterocycles. The number of aryl methyl sites for hydroxylation is 2. The highest BCUT2D eigenvalue weighted by molar-refractivity contribution is 6.30. The summed E-state index contributed by atoms with van der Waals surface area (Å²) in [5.41, 5.74) is 1.94. The molecule has 0 aliphatic carbocycles. The summed E-state index contributed by atoms with van der Waals surface area (Å²) >= 11 is 5.95. The van der Waals surface area contributed by atoms with E-state index in [1.807, 2.05) is 39.1 Å². The third kappa shape index (κ3) is 3.58. The molecule has 1 aromatic carbocycles. The van der Waals surface area contributed by atoms with Gasteiger partial charge < -0.3 is 10.1 Å². The third-order valence-corrected chi connectivity index (χ3v) is 2.90. The van der Waals surface area contributed by atoms with Crippen LogP contribution in [0.2, 0.25) is 5.02 Å². The largest absolute Gasteiger partial charge is 0.485 e. The average Bonchev–Trinajstić information content (AvgIpc) is 2.39. The Labute approximate surface area is 117 Å². The molecule has 100 valence electrons. The van der Waals surface area contributed by atoms with E-state index in [-0.39, 0.29) is 0 Å². The maximum atomic E-state index is 5.95. The lowest BCUT2D eigenvalue weighted by Gasteiger charge is -2.10. The van der Waals surface area contributed by atoms with Crippen LogP contribution in [0.25, 0.3) is 0 Å². The number of nitrogens with zero attached hydrogens (tertiary/aromatic N) is 2. The topological polar surface area (TPSA) is 47.0 Å². The van der Waals surface area contributed by atoms with Gasteiger partial charge in [0.1, 0.15) is 18.2 Å². The molecular weight excluding hydrogens is 262 g/mol. The summed E-state index contributed by atoms with van der Waals surface area (Å²) in [5, 5.41) is 3.65. The van der Waals surface area contributed by atoms with Gasteiger partial charge in [0.15, 0.2) is 5.82 Å². The number of ether oxygens (including phenoxy) is 1. The van der Waals surface area contributed by atoms with Crippen LogP contribution < -0.4 is 10.1 Å². The van der Waals surface area contributed by atoms with Gasteiger partial charge in [-0.15, -0.1) is 0 Å². The van der Waals surface area contributed by atoms with Crippen molar-refractivity contribution in [2.24, 2.45) is 0 Å². The second kappa shape index (κ2) is 5.89. The fourth-order valence-corrected chi connectivity index (χ4v) is 1.86. The van der Waals surface area contributed by atoms with E-state index < -0.39 is 0 Å². The van der Waals surface area contributed by atoms with Gasteiger partial charge in [-0.05, 0) is 31.5 Å². The maximum Gasteiger partial charge on any atom is 0.168 e. The van der Waals surface area contributed by atoms with E-state index in [1.54, 1.807) is 6.07 Å². The molecule has 0 spiro atoms. The minimum absolute atomic E-state index is 0.317. The molecule has 0 unspecified atom stereocenters. The number of anilines is 1. The SMILES string of the molecule is CNc1cc(C)nc(COc2cc(Cl)ccc2C)n1. The lowest BCUT2D eigenvalue weighted by molar-refractivity contribution is 0.293. The van der Waals surface area contributed by atoms with Gasteiger partial charge in [0.05, 0.1) is 0 Å². The van der Waals surface area contributed by atoms with Crippen LogP contribution in [-0.2, 0) is 6.61 Å². The summed E-state index contributed by atoms with van der Waals surface area (Å²) in [6.45, 7) is 4.22. The maximum absolute atomic E-state index is 5.95. The van der Waals surface area contributed by atoms with E-state index in [4.69, 9.17) is 16.3 Å². The first kappa shape index (κ1) is 13.6. The summed E-state index contributed by atoms with van der Waals surface area (Å²) in [7, 11) is 1.83. The smallest absolute Gasteiger partial charge is 0.168 e. The van der Waals surface area contributed by atoms with Crippen LogP contribution in [-0.4, -0.2) is 17.0 Å². The first-order chi connectivity index (χ1) is 9.08. The minimum Gasteiger partial charge on any atom is -0.485 e. The molecule has 0 aliphatic heterocycles. The number of rotatable bonds is 4. The van der Waals surface area contributed by atoms with Gasteiger partial charge in [0, 0.05) is 23.8 Å². The highest BCUT2D eigenvalue weighted by atomic mass is 35.5. The molecule has 0 atom stereocenters. The Hall–Kier alpha value is -1.81. The molecule has 0 fully saturated rings. The summed E-state index contributed by atoms with van der Waals surface area (Å²) in [6, 6.07) is 7.44. The van der Waals surface area contributed by atoms with Crippen molar-refractivity contribution in [2.45, 2.75) is 20.5 Å². The summed E-state index contributed by atoms with van der Waals surface area (Å²) in [4.78, 5) is 8.68. The normalized spacial score (nSPS) is 10.3. The van der Waals surface area contributed by atoms with Gasteiger partial charge in [-0.3, -0.25) is 0 Å². The van der Waals surface area contributed by atoms with Crippen LogP contribution in [0.4, 0.5) is 5.82 Å². The van der Waals surface area contributed by atoms with Crippen molar-refractivity contribution in [3.63, 3.8) is 0 Å². The Kier molecular flexibility index (Phi) is 4.22. The third-order valence-electron chi connectivity index (χ3n) is 2.66. The molecule has 1 aromatic heterocycles. The lowest BCUT2D eigenvalue weighted by Crippen LogP contribution is -2.06. The molecule has 1 heterocycles. The van der Waals surface area contributed by atoms with Crippen molar-refractivity contribution < 1.29 is 4.74 Å². The fraction of sp³-hybridized carbons (Fsp3) is 0.286. The summed E-state index contributed by atoms with van der Waals surface area (Å²) in [5.74, 6) is 2.18. The van der Waals surface area contributed by atoms with Crippen molar-refractivity contribution in [3.8, 4) is 5.75 Å². The zero-order valence-corrected chi connectivity index (χ0v) is 12.0. The number of aromatic nitrogens is 2. The average molecular weight is 278 g/mol. The molecule has 4 nitrogen and oxygen atoms in total. The van der Waals surface area contributed by atoms with Crippen LogP contribution in [0.1, 0.15) is 17.1 Å². The molecule has 0 saturated carbocycles. The molecule has 0 radical (unpaired) electrons. The van der Waals surface area contributed by atoms with Crippen molar-refractivity contribution in [3.05, 3.63) is 46.4 Å². The Morgan fingerprint density at radius 3 is 2.74 bits per heavy atom. The van der Waals surface area contributed by atoms with Crippen LogP contribution in [0, 0.1) is 13.8 Å².